The fourth-order valence-corrected chi connectivity index (χ4v) is 3.57. The van der Waals surface area contributed by atoms with Crippen LogP contribution in [0.2, 0.25) is 0 Å². The predicted molar refractivity (Wildman–Crippen MR) is 89.7 cm³/mol. The molecule has 0 spiro atoms. The van der Waals surface area contributed by atoms with Crippen molar-refractivity contribution in [2.24, 2.45) is 5.92 Å². The van der Waals surface area contributed by atoms with E-state index in [1.807, 2.05) is 0 Å². The van der Waals surface area contributed by atoms with Crippen molar-refractivity contribution in [2.45, 2.75) is 57.5 Å². The van der Waals surface area contributed by atoms with Crippen LogP contribution in [0.4, 0.5) is 0 Å². The highest BCUT2D eigenvalue weighted by Crippen LogP contribution is 2.44. The first-order valence-electron chi connectivity index (χ1n) is 7.71. The molecule has 1 aromatic rings. The molecule has 3 heteroatoms. The molecule has 21 heavy (non-hydrogen) atoms. The number of hydrogen-bond acceptors (Lipinski definition) is 2. The van der Waals surface area contributed by atoms with E-state index in [0.29, 0.717) is 5.92 Å². The zero-order chi connectivity index (χ0) is 15.5. The smallest absolute Gasteiger partial charge is 0.317 e. The van der Waals surface area contributed by atoms with Gasteiger partial charge in [-0.05, 0) is 49.5 Å². The Morgan fingerprint density at radius 2 is 1.86 bits per heavy atom. The summed E-state index contributed by atoms with van der Waals surface area (Å²) < 4.78 is 5.61. The van der Waals surface area contributed by atoms with Crippen molar-refractivity contribution in [1.82, 2.24) is 0 Å². The van der Waals surface area contributed by atoms with E-state index >= 15 is 0 Å². The third-order valence-electron chi connectivity index (χ3n) is 5.05. The van der Waals surface area contributed by atoms with Gasteiger partial charge in [-0.15, -0.1) is 0 Å². The van der Waals surface area contributed by atoms with Crippen molar-refractivity contribution >= 4 is 21.9 Å². The van der Waals surface area contributed by atoms with Crippen LogP contribution >= 0.6 is 15.9 Å². The first kappa shape index (κ1) is 16.5. The minimum Gasteiger partial charge on any atom is -0.459 e. The van der Waals surface area contributed by atoms with E-state index in [2.05, 4.69) is 67.0 Å². The normalized spacial score (nSPS) is 26.4. The molecular formula is C18H25BrO2. The van der Waals surface area contributed by atoms with Crippen LogP contribution in [0.25, 0.3) is 0 Å². The number of halogens is 1. The quantitative estimate of drug-likeness (QED) is 0.571. The number of alkyl halides is 1. The lowest BCUT2D eigenvalue weighted by Crippen LogP contribution is -2.41. The van der Waals surface area contributed by atoms with Crippen molar-refractivity contribution in [3.05, 3.63) is 35.9 Å². The number of carbonyl (C=O) groups is 1. The Balaban J connectivity index is 2.02. The summed E-state index contributed by atoms with van der Waals surface area (Å²) in [5.41, 5.74) is 1.28. The summed E-state index contributed by atoms with van der Waals surface area (Å²) in [4.78, 5) is 11.5. The Morgan fingerprint density at radius 1 is 1.29 bits per heavy atom. The summed E-state index contributed by atoms with van der Waals surface area (Å²) in [7, 11) is 0. The summed E-state index contributed by atoms with van der Waals surface area (Å²) in [6.45, 7) is 6.74. The molecule has 0 radical (unpaired) electrons. The Bertz CT molecular complexity index is 473. The molecule has 1 fully saturated rings. The lowest BCUT2D eigenvalue weighted by Gasteiger charge is -2.43. The van der Waals surface area contributed by atoms with Gasteiger partial charge in [-0.2, -0.15) is 0 Å². The van der Waals surface area contributed by atoms with Crippen LogP contribution < -0.4 is 0 Å². The number of benzene rings is 1. The van der Waals surface area contributed by atoms with Gasteiger partial charge in [0.25, 0.3) is 0 Å². The molecule has 0 atom stereocenters. The average Bonchev–Trinajstić information content (AvgIpc) is 2.48. The van der Waals surface area contributed by atoms with Crippen LogP contribution in [0.1, 0.15) is 52.0 Å². The molecule has 2 nitrogen and oxygen atoms in total. The molecule has 0 aliphatic heterocycles. The highest BCUT2D eigenvalue weighted by Gasteiger charge is 2.40. The summed E-state index contributed by atoms with van der Waals surface area (Å²) in [5.74, 6) is 0.480. The van der Waals surface area contributed by atoms with Crippen LogP contribution in [0.15, 0.2) is 30.3 Å². The van der Waals surface area contributed by atoms with Crippen molar-refractivity contribution < 1.29 is 9.53 Å². The number of carbonyl (C=O) groups excluding carboxylic acids is 1. The van der Waals surface area contributed by atoms with Gasteiger partial charge in [-0.1, -0.05) is 60.1 Å². The van der Waals surface area contributed by atoms with Crippen LogP contribution in [0.5, 0.6) is 0 Å². The molecule has 116 valence electrons. The Morgan fingerprint density at radius 3 is 2.38 bits per heavy atom. The highest BCUT2D eigenvalue weighted by atomic mass is 79.9. The number of esters is 1. The summed E-state index contributed by atoms with van der Waals surface area (Å²) in [6.07, 6.45) is 4.11. The zero-order valence-corrected chi connectivity index (χ0v) is 14.8. The van der Waals surface area contributed by atoms with Gasteiger partial charge in [0.1, 0.15) is 10.9 Å². The maximum absolute atomic E-state index is 11.5. The topological polar surface area (TPSA) is 26.3 Å². The molecule has 0 saturated heterocycles. The Hall–Kier alpha value is -0.830. The van der Waals surface area contributed by atoms with Crippen molar-refractivity contribution in [3.8, 4) is 0 Å². The van der Waals surface area contributed by atoms with Gasteiger partial charge < -0.3 is 4.74 Å². The fourth-order valence-electron chi connectivity index (χ4n) is 3.46. The van der Waals surface area contributed by atoms with Gasteiger partial charge in [0.2, 0.25) is 0 Å². The molecule has 0 N–H and O–H groups in total. The predicted octanol–water partition coefficient (Wildman–Crippen LogP) is 4.85. The lowest BCUT2D eigenvalue weighted by atomic mass is 9.65. The highest BCUT2D eigenvalue weighted by molar-refractivity contribution is 9.09. The lowest BCUT2D eigenvalue weighted by molar-refractivity contribution is -0.159. The van der Waals surface area contributed by atoms with Crippen LogP contribution in [-0.2, 0) is 14.9 Å². The van der Waals surface area contributed by atoms with Gasteiger partial charge in [-0.3, -0.25) is 4.79 Å². The molecule has 1 aliphatic carbocycles. The second-order valence-corrected chi connectivity index (χ2v) is 7.48. The van der Waals surface area contributed by atoms with Gasteiger partial charge >= 0.3 is 5.97 Å². The second kappa shape index (κ2) is 6.51. The Labute approximate surface area is 136 Å². The van der Waals surface area contributed by atoms with Crippen LogP contribution in [0.3, 0.4) is 0 Å². The third-order valence-corrected chi connectivity index (χ3v) is 5.51. The molecule has 1 saturated carbocycles. The van der Waals surface area contributed by atoms with Crippen LogP contribution in [0, 0.1) is 5.92 Å². The first-order valence-corrected chi connectivity index (χ1v) is 8.83. The van der Waals surface area contributed by atoms with Crippen molar-refractivity contribution in [3.63, 3.8) is 0 Å². The molecule has 1 aliphatic rings. The standard InChI is InChI=1S/C18H25BrO2/c1-17(2,14-7-5-4-6-8-14)15-9-11-18(3,12-10-15)21-16(20)13-19/h4-8,15H,9-13H2,1-3H3. The van der Waals surface area contributed by atoms with Crippen LogP contribution in [-0.4, -0.2) is 16.9 Å². The zero-order valence-electron chi connectivity index (χ0n) is 13.2. The molecule has 1 aromatic carbocycles. The van der Waals surface area contributed by atoms with E-state index in [4.69, 9.17) is 4.74 Å². The molecule has 2 rings (SSSR count). The van der Waals surface area contributed by atoms with E-state index < -0.39 is 0 Å². The molecule has 0 heterocycles. The summed E-state index contributed by atoms with van der Waals surface area (Å²) in [5, 5.41) is 0.279. The minimum absolute atomic E-state index is 0.154. The van der Waals surface area contributed by atoms with Gasteiger partial charge in [0.15, 0.2) is 0 Å². The monoisotopic (exact) mass is 352 g/mol. The van der Waals surface area contributed by atoms with E-state index in [0.717, 1.165) is 25.7 Å². The van der Waals surface area contributed by atoms with Gasteiger partial charge in [-0.25, -0.2) is 0 Å². The van der Waals surface area contributed by atoms with Crippen molar-refractivity contribution in [2.75, 3.05) is 5.33 Å². The van der Waals surface area contributed by atoms with Crippen molar-refractivity contribution in [1.29, 1.82) is 0 Å². The van der Waals surface area contributed by atoms with E-state index in [1.165, 1.54) is 5.56 Å². The maximum Gasteiger partial charge on any atom is 0.317 e. The number of rotatable bonds is 4. The molecule has 0 bridgehead atoms. The van der Waals surface area contributed by atoms with Gasteiger partial charge in [0, 0.05) is 0 Å². The first-order chi connectivity index (χ1) is 9.87. The molecule has 0 unspecified atom stereocenters. The van der Waals surface area contributed by atoms with E-state index in [9.17, 15) is 4.79 Å². The largest absolute Gasteiger partial charge is 0.459 e. The van der Waals surface area contributed by atoms with Gasteiger partial charge in [0.05, 0.1) is 0 Å². The minimum atomic E-state index is -0.284. The van der Waals surface area contributed by atoms with E-state index in [1.54, 1.807) is 0 Å². The fraction of sp³-hybridized carbons (Fsp3) is 0.611. The molecule has 0 aromatic heterocycles. The SMILES string of the molecule is CC1(OC(=O)CBr)CCC(C(C)(C)c2ccccc2)CC1. The second-order valence-electron chi connectivity index (χ2n) is 6.92. The number of hydrogen-bond donors (Lipinski definition) is 0. The third kappa shape index (κ3) is 3.88. The maximum atomic E-state index is 11.5. The number of ether oxygens (including phenoxy) is 1. The van der Waals surface area contributed by atoms with E-state index in [-0.39, 0.29) is 22.3 Å². The summed E-state index contributed by atoms with van der Waals surface area (Å²) in [6, 6.07) is 10.7. The Kier molecular flexibility index (Phi) is 5.13. The molecular weight excluding hydrogens is 328 g/mol. The molecule has 0 amide bonds. The summed E-state index contributed by atoms with van der Waals surface area (Å²) >= 11 is 3.17. The average molecular weight is 353 g/mol.